The highest BCUT2D eigenvalue weighted by molar-refractivity contribution is 6.34. The smallest absolute Gasteiger partial charge is 0.256 e. The Hall–Kier alpha value is -3.62. The van der Waals surface area contributed by atoms with E-state index in [1.807, 2.05) is 6.21 Å². The third kappa shape index (κ3) is 5.47. The number of halogens is 1. The predicted octanol–water partition coefficient (Wildman–Crippen LogP) is 4.42. The van der Waals surface area contributed by atoms with Crippen molar-refractivity contribution in [3.63, 3.8) is 0 Å². The average molecular weight is 476 g/mol. The Balaban J connectivity index is 1.56. The number of nitrogens with zero attached hydrogens (tertiary/aromatic N) is 4. The number of benzene rings is 1. The summed E-state index contributed by atoms with van der Waals surface area (Å²) in [5.74, 6) is 0.666. The van der Waals surface area contributed by atoms with Crippen molar-refractivity contribution in [1.29, 1.82) is 5.41 Å². The number of nitrogens with two attached hydrogens (primary N) is 1. The van der Waals surface area contributed by atoms with Crippen LogP contribution in [0.15, 0.2) is 59.9 Å². The molecule has 2 aromatic heterocycles. The summed E-state index contributed by atoms with van der Waals surface area (Å²) in [4.78, 5) is 27.7. The van der Waals surface area contributed by atoms with Crippen molar-refractivity contribution in [2.45, 2.75) is 12.8 Å². The van der Waals surface area contributed by atoms with E-state index in [1.165, 1.54) is 6.20 Å². The summed E-state index contributed by atoms with van der Waals surface area (Å²) in [6.07, 6.45) is 7.13. The Labute approximate surface area is 203 Å². The van der Waals surface area contributed by atoms with Gasteiger partial charge in [0.25, 0.3) is 5.91 Å². The number of carbonyl (C=O) groups is 1. The van der Waals surface area contributed by atoms with Gasteiger partial charge in [-0.2, -0.15) is 0 Å². The molecule has 8 nitrogen and oxygen atoms in total. The Morgan fingerprint density at radius 3 is 2.71 bits per heavy atom. The van der Waals surface area contributed by atoms with E-state index < -0.39 is 0 Å². The Kier molecular flexibility index (Phi) is 7.30. The average Bonchev–Trinajstić information content (AvgIpc) is 2.85. The first-order valence-electron chi connectivity index (χ1n) is 11.0. The van der Waals surface area contributed by atoms with E-state index in [0.717, 1.165) is 25.9 Å². The maximum atomic E-state index is 12.5. The molecular formula is C25H26ClN7O. The minimum absolute atomic E-state index is 0.136. The number of pyridine rings is 2. The number of amides is 1. The lowest BCUT2D eigenvalue weighted by atomic mass is 9.99. The standard InChI is InChI=1S/C25H26ClN7O/c1-33-12-4-5-16(15-33)13-30-23-19(26)14-31-24(28)21(23)22(27)17-7-9-18(10-8-17)25(34)32-20-6-2-3-11-29-20/h2-3,6-11,13-14,16,27H,4-5,12,15H2,1H3,(H2,28,31)(H,29,32,34). The van der Waals surface area contributed by atoms with Gasteiger partial charge in [0, 0.05) is 36.0 Å². The fraction of sp³-hybridized carbons (Fsp3) is 0.240. The van der Waals surface area contributed by atoms with E-state index in [0.29, 0.717) is 39.1 Å². The summed E-state index contributed by atoms with van der Waals surface area (Å²) in [5, 5.41) is 11.9. The Morgan fingerprint density at radius 2 is 2.00 bits per heavy atom. The summed E-state index contributed by atoms with van der Waals surface area (Å²) in [7, 11) is 2.10. The molecule has 0 aliphatic carbocycles. The molecule has 1 amide bonds. The zero-order chi connectivity index (χ0) is 24.1. The number of piperidine rings is 1. The van der Waals surface area contributed by atoms with Gasteiger partial charge < -0.3 is 16.0 Å². The number of aliphatic imine (C=N–C) groups is 1. The lowest BCUT2D eigenvalue weighted by Gasteiger charge is -2.27. The van der Waals surface area contributed by atoms with Crippen LogP contribution in [0.2, 0.25) is 5.02 Å². The quantitative estimate of drug-likeness (QED) is 0.455. The minimum atomic E-state index is -0.288. The van der Waals surface area contributed by atoms with E-state index in [1.54, 1.807) is 48.7 Å². The topological polar surface area (TPSA) is 120 Å². The third-order valence-corrected chi connectivity index (χ3v) is 5.98. The monoisotopic (exact) mass is 475 g/mol. The van der Waals surface area contributed by atoms with E-state index in [4.69, 9.17) is 22.7 Å². The number of carbonyl (C=O) groups excluding carboxylic acids is 1. The van der Waals surface area contributed by atoms with Gasteiger partial charge in [0.2, 0.25) is 0 Å². The SMILES string of the molecule is CN1CCCC(C=Nc2c(Cl)cnc(N)c2C(=N)c2ccc(C(=O)Nc3ccccn3)cc2)C1. The van der Waals surface area contributed by atoms with Crippen LogP contribution < -0.4 is 11.1 Å². The maximum Gasteiger partial charge on any atom is 0.256 e. The molecule has 174 valence electrons. The highest BCUT2D eigenvalue weighted by atomic mass is 35.5. The molecule has 0 bridgehead atoms. The summed E-state index contributed by atoms with van der Waals surface area (Å²) >= 11 is 6.43. The van der Waals surface area contributed by atoms with Crippen LogP contribution in [0, 0.1) is 11.3 Å². The molecule has 1 atom stereocenters. The van der Waals surface area contributed by atoms with Crippen LogP contribution in [0.1, 0.15) is 34.3 Å². The van der Waals surface area contributed by atoms with Gasteiger partial charge in [0.05, 0.1) is 28.2 Å². The maximum absolute atomic E-state index is 12.5. The van der Waals surface area contributed by atoms with Gasteiger partial charge in [-0.05, 0) is 50.7 Å². The lowest BCUT2D eigenvalue weighted by molar-refractivity contribution is 0.102. The van der Waals surface area contributed by atoms with E-state index >= 15 is 0 Å². The molecule has 4 rings (SSSR count). The predicted molar refractivity (Wildman–Crippen MR) is 137 cm³/mol. The molecule has 4 N–H and O–H groups in total. The van der Waals surface area contributed by atoms with Crippen molar-refractivity contribution in [3.8, 4) is 0 Å². The fourth-order valence-electron chi connectivity index (χ4n) is 3.93. The van der Waals surface area contributed by atoms with Crippen molar-refractivity contribution >= 4 is 46.8 Å². The number of aromatic nitrogens is 2. The summed E-state index contributed by atoms with van der Waals surface area (Å²) in [6, 6.07) is 12.0. The first kappa shape index (κ1) is 23.5. The van der Waals surface area contributed by atoms with Crippen LogP contribution in [0.25, 0.3) is 0 Å². The molecular weight excluding hydrogens is 450 g/mol. The minimum Gasteiger partial charge on any atom is -0.383 e. The van der Waals surface area contributed by atoms with Gasteiger partial charge in [-0.3, -0.25) is 15.2 Å². The molecule has 34 heavy (non-hydrogen) atoms. The zero-order valence-corrected chi connectivity index (χ0v) is 19.6. The van der Waals surface area contributed by atoms with Crippen LogP contribution >= 0.6 is 11.6 Å². The van der Waals surface area contributed by atoms with Crippen LogP contribution in [0.3, 0.4) is 0 Å². The largest absolute Gasteiger partial charge is 0.383 e. The molecule has 3 heterocycles. The van der Waals surface area contributed by atoms with Crippen molar-refractivity contribution in [2.75, 3.05) is 31.2 Å². The van der Waals surface area contributed by atoms with E-state index in [9.17, 15) is 4.79 Å². The lowest BCUT2D eigenvalue weighted by Crippen LogP contribution is -2.32. The van der Waals surface area contributed by atoms with Crippen molar-refractivity contribution in [3.05, 3.63) is 76.6 Å². The van der Waals surface area contributed by atoms with Gasteiger partial charge in [-0.15, -0.1) is 0 Å². The fourth-order valence-corrected chi connectivity index (χ4v) is 4.12. The summed E-state index contributed by atoms with van der Waals surface area (Å²) in [5.41, 5.74) is 8.12. The normalized spacial score (nSPS) is 16.5. The molecule has 0 spiro atoms. The van der Waals surface area contributed by atoms with Gasteiger partial charge >= 0.3 is 0 Å². The molecule has 1 fully saturated rings. The number of nitrogen functional groups attached to an aromatic ring is 1. The summed E-state index contributed by atoms with van der Waals surface area (Å²) in [6.45, 7) is 2.01. The van der Waals surface area contributed by atoms with Crippen molar-refractivity contribution < 1.29 is 4.79 Å². The first-order valence-corrected chi connectivity index (χ1v) is 11.4. The van der Waals surface area contributed by atoms with Crippen LogP contribution in [0.5, 0.6) is 0 Å². The summed E-state index contributed by atoms with van der Waals surface area (Å²) < 4.78 is 0. The van der Waals surface area contributed by atoms with Crippen LogP contribution in [0.4, 0.5) is 17.3 Å². The molecule has 0 saturated carbocycles. The second kappa shape index (κ2) is 10.5. The molecule has 1 saturated heterocycles. The van der Waals surface area contributed by atoms with Gasteiger partial charge in [-0.1, -0.05) is 29.8 Å². The molecule has 9 heteroatoms. The van der Waals surface area contributed by atoms with Crippen LogP contribution in [-0.4, -0.2) is 52.8 Å². The first-order chi connectivity index (χ1) is 16.4. The number of anilines is 2. The second-order valence-corrected chi connectivity index (χ2v) is 8.69. The second-order valence-electron chi connectivity index (χ2n) is 8.28. The Bertz CT molecular complexity index is 1210. The highest BCUT2D eigenvalue weighted by Gasteiger charge is 2.20. The molecule has 1 aromatic carbocycles. The van der Waals surface area contributed by atoms with Crippen molar-refractivity contribution in [1.82, 2.24) is 14.9 Å². The highest BCUT2D eigenvalue weighted by Crippen LogP contribution is 2.33. The number of likely N-dealkylation sites (tertiary alicyclic amines) is 1. The third-order valence-electron chi connectivity index (χ3n) is 5.70. The van der Waals surface area contributed by atoms with E-state index in [-0.39, 0.29) is 17.4 Å². The number of rotatable bonds is 6. The molecule has 1 aliphatic heterocycles. The molecule has 1 aliphatic rings. The van der Waals surface area contributed by atoms with Gasteiger partial charge in [0.15, 0.2) is 0 Å². The molecule has 1 unspecified atom stereocenters. The van der Waals surface area contributed by atoms with E-state index in [2.05, 4.69) is 32.2 Å². The van der Waals surface area contributed by atoms with Gasteiger partial charge in [-0.25, -0.2) is 9.97 Å². The number of hydrogen-bond donors (Lipinski definition) is 3. The van der Waals surface area contributed by atoms with Gasteiger partial charge in [0.1, 0.15) is 11.6 Å². The number of hydrogen-bond acceptors (Lipinski definition) is 7. The number of nitrogens with one attached hydrogen (secondary N) is 2. The van der Waals surface area contributed by atoms with Crippen molar-refractivity contribution in [2.24, 2.45) is 10.9 Å². The van der Waals surface area contributed by atoms with Crippen LogP contribution in [-0.2, 0) is 0 Å². The zero-order valence-electron chi connectivity index (χ0n) is 18.8. The molecule has 0 radical (unpaired) electrons. The Morgan fingerprint density at radius 1 is 1.24 bits per heavy atom. The molecule has 3 aromatic rings.